The highest BCUT2D eigenvalue weighted by molar-refractivity contribution is 5.96. The van der Waals surface area contributed by atoms with Crippen LogP contribution in [0, 0.1) is 0 Å². The van der Waals surface area contributed by atoms with Crippen LogP contribution in [0.15, 0.2) is 257 Å². The summed E-state index contributed by atoms with van der Waals surface area (Å²) in [5.41, 5.74) is 12.7. The predicted molar refractivity (Wildman–Crippen MR) is 332 cm³/mol. The minimum absolute atomic E-state index is 0.134. The van der Waals surface area contributed by atoms with Gasteiger partial charge in [-0.1, -0.05) is 172 Å². The highest BCUT2D eigenvalue weighted by Gasteiger charge is 2.47. The highest BCUT2D eigenvalue weighted by atomic mass is 16.6. The molecule has 2 aliphatic rings. The first kappa shape index (κ1) is 58.5. The Morgan fingerprint density at radius 3 is 0.849 bits per heavy atom. The number of rotatable bonds is 24. The van der Waals surface area contributed by atoms with Gasteiger partial charge in [-0.05, 0) is 138 Å². The molecule has 0 aromatic heterocycles. The molecule has 0 bridgehead atoms. The third-order valence-electron chi connectivity index (χ3n) is 15.1. The topological polar surface area (TPSA) is 142 Å². The van der Waals surface area contributed by atoms with Gasteiger partial charge in [-0.2, -0.15) is 0 Å². The van der Waals surface area contributed by atoms with Crippen molar-refractivity contribution in [2.75, 3.05) is 52.9 Å². The quantitative estimate of drug-likeness (QED) is 0.0246. The summed E-state index contributed by atoms with van der Waals surface area (Å²) in [6, 6.07) is 70.9. The average Bonchev–Trinajstić information content (AvgIpc) is 1.62. The fraction of sp³-hybridized carbons (Fsp3) is 0.135. The lowest BCUT2D eigenvalue weighted by atomic mass is 9.67. The Morgan fingerprint density at radius 2 is 0.547 bits per heavy atom. The summed E-state index contributed by atoms with van der Waals surface area (Å²) in [5.74, 6) is 0.806. The first-order valence-corrected chi connectivity index (χ1v) is 28.0. The van der Waals surface area contributed by atoms with Crippen LogP contribution in [0.5, 0.6) is 23.0 Å². The molecule has 9 aromatic rings. The second-order valence-corrected chi connectivity index (χ2v) is 19.9. The van der Waals surface area contributed by atoms with Crippen molar-refractivity contribution in [1.29, 1.82) is 0 Å². The molecular weight excluding hydrogens is 1080 g/mol. The molecule has 0 N–H and O–H groups in total. The third-order valence-corrected chi connectivity index (χ3v) is 15.1. The number of fused-ring (bicyclic) bond motifs is 7. The number of hydrogen-bond donors (Lipinski definition) is 0. The molecule has 12 heteroatoms. The van der Waals surface area contributed by atoms with Gasteiger partial charge in [0.1, 0.15) is 75.9 Å². The van der Waals surface area contributed by atoms with E-state index in [2.05, 4.69) is 184 Å². The molecule has 9 aromatic carbocycles. The zero-order valence-electron chi connectivity index (χ0n) is 47.3. The van der Waals surface area contributed by atoms with Crippen LogP contribution in [0.3, 0.4) is 0 Å². The Labute approximate surface area is 499 Å². The summed E-state index contributed by atoms with van der Waals surface area (Å²) in [5, 5.41) is 2.35. The molecule has 11 rings (SSSR count). The van der Waals surface area contributed by atoms with Crippen LogP contribution in [0.1, 0.15) is 44.5 Å². The second kappa shape index (κ2) is 27.1. The van der Waals surface area contributed by atoms with Gasteiger partial charge in [0.25, 0.3) is 0 Å². The van der Waals surface area contributed by atoms with Gasteiger partial charge in [-0.15, -0.1) is 0 Å². The van der Waals surface area contributed by atoms with E-state index in [1.807, 2.05) is 48.5 Å². The van der Waals surface area contributed by atoms with Gasteiger partial charge >= 0.3 is 23.9 Å². The van der Waals surface area contributed by atoms with Crippen molar-refractivity contribution in [2.45, 2.75) is 10.8 Å². The molecule has 0 spiro atoms. The molecule has 0 heterocycles. The van der Waals surface area contributed by atoms with Gasteiger partial charge in [0.05, 0.1) is 10.8 Å². The molecule has 12 nitrogen and oxygen atoms in total. The number of esters is 4. The Bertz CT molecular complexity index is 3750. The van der Waals surface area contributed by atoms with Crippen molar-refractivity contribution in [3.05, 3.63) is 301 Å². The molecular formula is C74H62O12. The van der Waals surface area contributed by atoms with E-state index in [4.69, 9.17) is 37.9 Å². The maximum atomic E-state index is 11.4. The number of benzene rings is 9. The Hall–Kier alpha value is -10.7. The van der Waals surface area contributed by atoms with Crippen molar-refractivity contribution in [1.82, 2.24) is 0 Å². The highest BCUT2D eigenvalue weighted by Crippen LogP contribution is 2.58. The summed E-state index contributed by atoms with van der Waals surface area (Å²) in [6.45, 7) is 15.1. The Kier molecular flexibility index (Phi) is 18.4. The zero-order valence-corrected chi connectivity index (χ0v) is 47.3. The zero-order chi connectivity index (χ0) is 59.9. The van der Waals surface area contributed by atoms with Gasteiger partial charge in [0.2, 0.25) is 0 Å². The number of hydrogen-bond acceptors (Lipinski definition) is 12. The number of carbonyl (C=O) groups excluding carboxylic acids is 4. The normalized spacial score (nSPS) is 12.4. The van der Waals surface area contributed by atoms with E-state index < -0.39 is 34.7 Å². The van der Waals surface area contributed by atoms with Crippen molar-refractivity contribution in [3.63, 3.8) is 0 Å². The molecule has 0 amide bonds. The molecule has 0 radical (unpaired) electrons. The van der Waals surface area contributed by atoms with E-state index in [9.17, 15) is 19.2 Å². The van der Waals surface area contributed by atoms with Gasteiger partial charge in [-0.25, -0.2) is 19.2 Å². The van der Waals surface area contributed by atoms with Crippen molar-refractivity contribution in [2.24, 2.45) is 0 Å². The summed E-state index contributed by atoms with van der Waals surface area (Å²) in [4.78, 5) is 45.3. The van der Waals surface area contributed by atoms with E-state index in [1.54, 1.807) is 0 Å². The largest absolute Gasteiger partial charge is 0.490 e. The lowest BCUT2D eigenvalue weighted by Crippen LogP contribution is -2.28. The van der Waals surface area contributed by atoms with Gasteiger partial charge < -0.3 is 37.9 Å². The fourth-order valence-corrected chi connectivity index (χ4v) is 11.4. The maximum Gasteiger partial charge on any atom is 0.330 e. The molecule has 430 valence electrons. The molecule has 2 aliphatic carbocycles. The van der Waals surface area contributed by atoms with E-state index in [0.717, 1.165) is 51.9 Å². The lowest BCUT2D eigenvalue weighted by Gasteiger charge is -2.34. The lowest BCUT2D eigenvalue weighted by molar-refractivity contribution is -0.139. The summed E-state index contributed by atoms with van der Waals surface area (Å²) in [7, 11) is 0. The van der Waals surface area contributed by atoms with Crippen LogP contribution in [0.4, 0.5) is 0 Å². The summed E-state index contributed by atoms with van der Waals surface area (Å²) < 4.78 is 43.5. The molecule has 0 unspecified atom stereocenters. The van der Waals surface area contributed by atoms with Gasteiger partial charge in [0.15, 0.2) is 0 Å². The van der Waals surface area contributed by atoms with Crippen LogP contribution < -0.4 is 18.9 Å². The molecule has 86 heavy (non-hydrogen) atoms. The summed E-state index contributed by atoms with van der Waals surface area (Å²) in [6.07, 6.45) is 4.53. The molecule has 0 aliphatic heterocycles. The monoisotopic (exact) mass is 1140 g/mol. The van der Waals surface area contributed by atoms with Crippen molar-refractivity contribution in [3.8, 4) is 45.3 Å². The van der Waals surface area contributed by atoms with E-state index in [1.165, 1.54) is 49.9 Å². The Morgan fingerprint density at radius 1 is 0.291 bits per heavy atom. The summed E-state index contributed by atoms with van der Waals surface area (Å²) >= 11 is 0. The average molecular weight is 1140 g/mol. The number of ether oxygens (including phenoxy) is 8. The first-order valence-electron chi connectivity index (χ1n) is 28.0. The molecule has 0 saturated heterocycles. The van der Waals surface area contributed by atoms with Gasteiger partial charge in [-0.3, -0.25) is 0 Å². The van der Waals surface area contributed by atoms with E-state index >= 15 is 0 Å². The van der Waals surface area contributed by atoms with Crippen molar-refractivity contribution < 1.29 is 57.1 Å². The van der Waals surface area contributed by atoms with Crippen LogP contribution in [-0.4, -0.2) is 76.7 Å². The minimum Gasteiger partial charge on any atom is -0.490 e. The van der Waals surface area contributed by atoms with E-state index in [-0.39, 0.29) is 52.9 Å². The standard InChI is InChI=1S/C39H32O6.C35H30O6/c1-3-37(40)44-23-21-42-31-17-13-29(14-18-31)39(30-15-19-32(20-16-30)43-22-24-45-38(41)4-2)35-12-8-7-11-33(35)34-25-27-9-5-6-10-28(27)26-36(34)39;1-3-33(36)40-23-21-38-27-17-13-25(14-18-27)35(26-15-19-28(20-16-26)39-22-24-41-34(37)4-2)31-11-7-5-9-29(31)30-10-6-8-12-32(30)35/h3-20,25-26H,1-2,21-24H2;3-20H,1-2,21-24H2. The molecule has 0 saturated carbocycles. The minimum atomic E-state index is -0.619. The molecule has 0 fully saturated rings. The van der Waals surface area contributed by atoms with Crippen LogP contribution in [-0.2, 0) is 49.0 Å². The van der Waals surface area contributed by atoms with Crippen LogP contribution in [0.2, 0.25) is 0 Å². The van der Waals surface area contributed by atoms with Crippen molar-refractivity contribution >= 4 is 34.6 Å². The first-order chi connectivity index (χ1) is 42.1. The SMILES string of the molecule is C=CC(=O)OCCOc1ccc(C2(c3ccc(OCCOC(=O)C=C)cc3)c3ccccc3-c3cc4ccccc4cc32)cc1.C=CC(=O)OCCOc1ccc(C2(c3ccc(OCCOC(=O)C=C)cc3)c3ccccc3-c3ccccc32)cc1. The maximum absolute atomic E-state index is 11.4. The Balaban J connectivity index is 0.000000192. The second-order valence-electron chi connectivity index (χ2n) is 19.9. The fourth-order valence-electron chi connectivity index (χ4n) is 11.4. The van der Waals surface area contributed by atoms with Crippen LogP contribution >= 0.6 is 0 Å². The smallest absolute Gasteiger partial charge is 0.330 e. The van der Waals surface area contributed by atoms with E-state index in [0.29, 0.717) is 23.0 Å². The third kappa shape index (κ3) is 12.2. The van der Waals surface area contributed by atoms with Gasteiger partial charge in [0, 0.05) is 24.3 Å². The van der Waals surface area contributed by atoms with Crippen LogP contribution in [0.25, 0.3) is 33.0 Å². The predicted octanol–water partition coefficient (Wildman–Crippen LogP) is 13.7. The molecule has 0 atom stereocenters. The number of carbonyl (C=O) groups is 4.